The van der Waals surface area contributed by atoms with Crippen molar-refractivity contribution in [1.29, 1.82) is 0 Å². The van der Waals surface area contributed by atoms with Gasteiger partial charge in [0.05, 0.1) is 0 Å². The van der Waals surface area contributed by atoms with Crippen molar-refractivity contribution in [3.8, 4) is 0 Å². The van der Waals surface area contributed by atoms with Gasteiger partial charge in [0.1, 0.15) is 6.04 Å². The van der Waals surface area contributed by atoms with E-state index in [1.807, 2.05) is 67.6 Å². The Morgan fingerprint density at radius 2 is 1.69 bits per heavy atom. The molecular formula is C25H24N2O2. The molecule has 1 heterocycles. The minimum Gasteiger partial charge on any atom is -0.324 e. The molecule has 29 heavy (non-hydrogen) atoms. The molecule has 0 aromatic heterocycles. The molecule has 4 nitrogen and oxygen atoms in total. The molecule has 1 aliphatic rings. The number of rotatable bonds is 4. The molecule has 1 atom stereocenters. The predicted octanol–water partition coefficient (Wildman–Crippen LogP) is 4.77. The number of nitrogens with zero attached hydrogens (tertiary/aromatic N) is 1. The van der Waals surface area contributed by atoms with Gasteiger partial charge in [-0.1, -0.05) is 61.5 Å². The maximum absolute atomic E-state index is 13.3. The smallest absolute Gasteiger partial charge is 0.259 e. The normalized spacial score (nSPS) is 15.1. The van der Waals surface area contributed by atoms with E-state index in [-0.39, 0.29) is 11.8 Å². The first kappa shape index (κ1) is 18.9. The van der Waals surface area contributed by atoms with Crippen molar-refractivity contribution in [1.82, 2.24) is 0 Å². The van der Waals surface area contributed by atoms with E-state index < -0.39 is 6.04 Å². The number of amides is 2. The summed E-state index contributed by atoms with van der Waals surface area (Å²) in [5, 5.41) is 3.11. The molecule has 3 aromatic carbocycles. The third-order valence-corrected chi connectivity index (χ3v) is 5.51. The lowest BCUT2D eigenvalue weighted by Gasteiger charge is -2.26. The van der Waals surface area contributed by atoms with E-state index >= 15 is 0 Å². The van der Waals surface area contributed by atoms with Gasteiger partial charge in [0.2, 0.25) is 5.91 Å². The first-order valence-electron chi connectivity index (χ1n) is 9.96. The van der Waals surface area contributed by atoms with Crippen LogP contribution in [0.15, 0.2) is 72.8 Å². The van der Waals surface area contributed by atoms with Crippen molar-refractivity contribution < 1.29 is 9.59 Å². The summed E-state index contributed by atoms with van der Waals surface area (Å²) >= 11 is 0. The maximum atomic E-state index is 13.3. The van der Waals surface area contributed by atoms with E-state index in [1.54, 1.807) is 17.0 Å². The van der Waals surface area contributed by atoms with E-state index in [9.17, 15) is 9.59 Å². The largest absolute Gasteiger partial charge is 0.324 e. The fraction of sp³-hybridized carbons (Fsp3) is 0.200. The average Bonchev–Trinajstić information content (AvgIpc) is 3.15. The maximum Gasteiger partial charge on any atom is 0.259 e. The molecular weight excluding hydrogens is 360 g/mol. The van der Waals surface area contributed by atoms with Crippen molar-refractivity contribution in [3.63, 3.8) is 0 Å². The van der Waals surface area contributed by atoms with Gasteiger partial charge in [0.15, 0.2) is 0 Å². The summed E-state index contributed by atoms with van der Waals surface area (Å²) in [5.41, 5.74) is 5.36. The van der Waals surface area contributed by atoms with E-state index in [1.165, 1.54) is 0 Å². The minimum atomic E-state index is -0.579. The van der Waals surface area contributed by atoms with Gasteiger partial charge in [-0.05, 0) is 48.2 Å². The van der Waals surface area contributed by atoms with E-state index in [4.69, 9.17) is 0 Å². The molecule has 3 aromatic rings. The summed E-state index contributed by atoms with van der Waals surface area (Å²) in [4.78, 5) is 28.3. The third kappa shape index (κ3) is 3.54. The SMILES string of the molecule is CCc1cccc(C)c1NC(=O)[C@H]1Cc2ccccc2N1C(=O)c1ccccc1. The lowest BCUT2D eigenvalue weighted by Crippen LogP contribution is -2.45. The highest BCUT2D eigenvalue weighted by atomic mass is 16.2. The van der Waals surface area contributed by atoms with Crippen molar-refractivity contribution in [2.24, 2.45) is 0 Å². The zero-order valence-corrected chi connectivity index (χ0v) is 16.7. The van der Waals surface area contributed by atoms with Crippen LogP contribution in [-0.2, 0) is 17.6 Å². The number of carbonyl (C=O) groups excluding carboxylic acids is 2. The van der Waals surface area contributed by atoms with Gasteiger partial charge in [0.25, 0.3) is 5.91 Å². The second-order valence-electron chi connectivity index (χ2n) is 7.34. The Labute approximate surface area is 171 Å². The lowest BCUT2D eigenvalue weighted by molar-refractivity contribution is -0.117. The van der Waals surface area contributed by atoms with Crippen LogP contribution in [0.2, 0.25) is 0 Å². The first-order valence-corrected chi connectivity index (χ1v) is 9.96. The van der Waals surface area contributed by atoms with Crippen LogP contribution < -0.4 is 10.2 Å². The van der Waals surface area contributed by atoms with Crippen LogP contribution in [0, 0.1) is 6.92 Å². The highest BCUT2D eigenvalue weighted by Gasteiger charge is 2.38. The highest BCUT2D eigenvalue weighted by molar-refractivity contribution is 6.13. The Hall–Kier alpha value is -3.40. The number of aryl methyl sites for hydroxylation is 2. The molecule has 0 spiro atoms. The van der Waals surface area contributed by atoms with Crippen molar-refractivity contribution in [2.45, 2.75) is 32.7 Å². The molecule has 0 fully saturated rings. The number of hydrogen-bond acceptors (Lipinski definition) is 2. The molecule has 4 rings (SSSR count). The van der Waals surface area contributed by atoms with Gasteiger partial charge in [-0.25, -0.2) is 0 Å². The third-order valence-electron chi connectivity index (χ3n) is 5.51. The number of para-hydroxylation sites is 2. The number of fused-ring (bicyclic) bond motifs is 1. The average molecular weight is 384 g/mol. The Morgan fingerprint density at radius 1 is 0.966 bits per heavy atom. The molecule has 0 unspecified atom stereocenters. The van der Waals surface area contributed by atoms with Gasteiger partial charge in [-0.2, -0.15) is 0 Å². The van der Waals surface area contributed by atoms with Crippen molar-refractivity contribution >= 4 is 23.2 Å². The van der Waals surface area contributed by atoms with Gasteiger partial charge < -0.3 is 5.32 Å². The van der Waals surface area contributed by atoms with Gasteiger partial charge in [-0.15, -0.1) is 0 Å². The van der Waals surface area contributed by atoms with Crippen LogP contribution >= 0.6 is 0 Å². The second kappa shape index (κ2) is 7.92. The molecule has 2 amide bonds. The van der Waals surface area contributed by atoms with Crippen molar-refractivity contribution in [2.75, 3.05) is 10.2 Å². The van der Waals surface area contributed by atoms with Crippen LogP contribution in [0.1, 0.15) is 34.0 Å². The Balaban J connectivity index is 1.69. The zero-order chi connectivity index (χ0) is 20.4. The molecule has 146 valence electrons. The summed E-state index contributed by atoms with van der Waals surface area (Å²) in [6.45, 7) is 4.06. The topological polar surface area (TPSA) is 49.4 Å². The van der Waals surface area contributed by atoms with Crippen LogP contribution in [0.3, 0.4) is 0 Å². The molecule has 0 saturated carbocycles. The fourth-order valence-corrected chi connectivity index (χ4v) is 3.98. The van der Waals surface area contributed by atoms with Crippen LogP contribution in [-0.4, -0.2) is 17.9 Å². The molecule has 1 N–H and O–H groups in total. The van der Waals surface area contributed by atoms with Gasteiger partial charge in [0, 0.05) is 23.4 Å². The monoisotopic (exact) mass is 384 g/mol. The molecule has 0 bridgehead atoms. The molecule has 0 radical (unpaired) electrons. The van der Waals surface area contributed by atoms with E-state index in [0.29, 0.717) is 12.0 Å². The summed E-state index contributed by atoms with van der Waals surface area (Å²) in [5.74, 6) is -0.314. The molecule has 4 heteroatoms. The number of anilines is 2. The number of benzene rings is 3. The molecule has 1 aliphatic heterocycles. The van der Waals surface area contributed by atoms with E-state index in [2.05, 4.69) is 12.2 Å². The standard InChI is InChI=1S/C25H24N2O2/c1-3-18-14-9-10-17(2)23(18)26-24(28)22-16-20-13-7-8-15-21(20)27(22)25(29)19-11-5-4-6-12-19/h4-15,22H,3,16H2,1-2H3,(H,26,28)/t22-/m1/s1. The second-order valence-corrected chi connectivity index (χ2v) is 7.34. The fourth-order valence-electron chi connectivity index (χ4n) is 3.98. The summed E-state index contributed by atoms with van der Waals surface area (Å²) in [7, 11) is 0. The van der Waals surface area contributed by atoms with Crippen molar-refractivity contribution in [3.05, 3.63) is 95.1 Å². The lowest BCUT2D eigenvalue weighted by atomic mass is 10.0. The predicted molar refractivity (Wildman–Crippen MR) is 116 cm³/mol. The van der Waals surface area contributed by atoms with Crippen LogP contribution in [0.5, 0.6) is 0 Å². The Bertz CT molecular complexity index is 1060. The summed E-state index contributed by atoms with van der Waals surface area (Å²) in [6.07, 6.45) is 1.34. The van der Waals surface area contributed by atoms with Gasteiger partial charge in [-0.3, -0.25) is 14.5 Å². The number of hydrogen-bond donors (Lipinski definition) is 1. The molecule has 0 saturated heterocycles. The summed E-state index contributed by atoms with van der Waals surface area (Å²) in [6, 6.07) is 22.3. The minimum absolute atomic E-state index is 0.156. The Morgan fingerprint density at radius 3 is 2.45 bits per heavy atom. The highest BCUT2D eigenvalue weighted by Crippen LogP contribution is 2.34. The molecule has 0 aliphatic carbocycles. The van der Waals surface area contributed by atoms with Crippen LogP contribution in [0.4, 0.5) is 11.4 Å². The van der Waals surface area contributed by atoms with Crippen LogP contribution in [0.25, 0.3) is 0 Å². The number of nitrogens with one attached hydrogen (secondary N) is 1. The number of carbonyl (C=O) groups is 2. The summed E-state index contributed by atoms with van der Waals surface area (Å²) < 4.78 is 0. The first-order chi connectivity index (χ1) is 14.1. The Kier molecular flexibility index (Phi) is 5.17. The van der Waals surface area contributed by atoms with Gasteiger partial charge >= 0.3 is 0 Å². The van der Waals surface area contributed by atoms with E-state index in [0.717, 1.165) is 34.5 Å². The quantitative estimate of drug-likeness (QED) is 0.705. The zero-order valence-electron chi connectivity index (χ0n) is 16.7.